The predicted octanol–water partition coefficient (Wildman–Crippen LogP) is 2.83. The Balaban J connectivity index is 2.19. The second-order valence-electron chi connectivity index (χ2n) is 5.81. The molecule has 0 amide bonds. The van der Waals surface area contributed by atoms with Crippen LogP contribution in [0.15, 0.2) is 18.2 Å². The number of hydrogen-bond acceptors (Lipinski definition) is 4. The normalized spacial score (nSPS) is 18.5. The summed E-state index contributed by atoms with van der Waals surface area (Å²) in [7, 11) is 1.67. The molecule has 1 heterocycles. The topological polar surface area (TPSA) is 47.7 Å². The Morgan fingerprint density at radius 3 is 2.57 bits per heavy atom. The zero-order valence-corrected chi connectivity index (χ0v) is 13.5. The van der Waals surface area contributed by atoms with Crippen LogP contribution in [0, 0.1) is 5.92 Å². The lowest BCUT2D eigenvalue weighted by atomic mass is 9.95. The highest BCUT2D eigenvalue weighted by Gasteiger charge is 2.24. The number of nitrogens with zero attached hydrogens (tertiary/aromatic N) is 1. The highest BCUT2D eigenvalue weighted by molar-refractivity contribution is 5.44. The standard InChI is InChI=1S/C17H28N2O2/c1-4-21-17-11-14(5-6-16(17)20-3)15(12-18)19-9-7-13(2)8-10-19/h5-6,11,13,15H,4,7-10,12,18H2,1-3H3. The summed E-state index contributed by atoms with van der Waals surface area (Å²) < 4.78 is 11.0. The monoisotopic (exact) mass is 292 g/mol. The Morgan fingerprint density at radius 1 is 1.29 bits per heavy atom. The van der Waals surface area contributed by atoms with Gasteiger partial charge in [-0.2, -0.15) is 0 Å². The third kappa shape index (κ3) is 3.89. The lowest BCUT2D eigenvalue weighted by Gasteiger charge is -2.36. The minimum atomic E-state index is 0.266. The molecule has 21 heavy (non-hydrogen) atoms. The van der Waals surface area contributed by atoms with E-state index in [2.05, 4.69) is 24.0 Å². The molecular weight excluding hydrogens is 264 g/mol. The van der Waals surface area contributed by atoms with E-state index in [1.54, 1.807) is 7.11 Å². The van der Waals surface area contributed by atoms with E-state index < -0.39 is 0 Å². The molecule has 0 bridgehead atoms. The van der Waals surface area contributed by atoms with Crippen molar-refractivity contribution in [1.82, 2.24) is 4.90 Å². The largest absolute Gasteiger partial charge is 0.493 e. The molecule has 0 aromatic heterocycles. The van der Waals surface area contributed by atoms with Crippen LogP contribution in [0.5, 0.6) is 11.5 Å². The summed E-state index contributed by atoms with van der Waals surface area (Å²) in [6, 6.07) is 6.44. The summed E-state index contributed by atoms with van der Waals surface area (Å²) in [5.74, 6) is 2.42. The Hall–Kier alpha value is -1.26. The molecule has 2 rings (SSSR count). The fourth-order valence-corrected chi connectivity index (χ4v) is 3.01. The van der Waals surface area contributed by atoms with Gasteiger partial charge in [-0.3, -0.25) is 4.90 Å². The van der Waals surface area contributed by atoms with Gasteiger partial charge in [0.05, 0.1) is 13.7 Å². The van der Waals surface area contributed by atoms with Crippen LogP contribution >= 0.6 is 0 Å². The molecule has 0 spiro atoms. The first-order valence-corrected chi connectivity index (χ1v) is 7.94. The predicted molar refractivity (Wildman–Crippen MR) is 85.9 cm³/mol. The Kier molecular flexibility index (Phi) is 5.88. The van der Waals surface area contributed by atoms with Crippen LogP contribution in [0.3, 0.4) is 0 Å². The van der Waals surface area contributed by atoms with Gasteiger partial charge < -0.3 is 15.2 Å². The van der Waals surface area contributed by atoms with Gasteiger partial charge >= 0.3 is 0 Å². The molecule has 1 atom stereocenters. The van der Waals surface area contributed by atoms with Gasteiger partial charge in [-0.25, -0.2) is 0 Å². The number of ether oxygens (including phenoxy) is 2. The average molecular weight is 292 g/mol. The van der Waals surface area contributed by atoms with Gasteiger partial charge in [-0.05, 0) is 56.5 Å². The number of hydrogen-bond donors (Lipinski definition) is 1. The van der Waals surface area contributed by atoms with Gasteiger partial charge in [0.1, 0.15) is 0 Å². The van der Waals surface area contributed by atoms with E-state index in [-0.39, 0.29) is 6.04 Å². The Morgan fingerprint density at radius 2 is 2.00 bits per heavy atom. The molecule has 118 valence electrons. The van der Waals surface area contributed by atoms with Gasteiger partial charge in [0.2, 0.25) is 0 Å². The first-order valence-electron chi connectivity index (χ1n) is 7.94. The van der Waals surface area contributed by atoms with Crippen LogP contribution in [0.1, 0.15) is 38.3 Å². The average Bonchev–Trinajstić information content (AvgIpc) is 2.50. The fraction of sp³-hybridized carbons (Fsp3) is 0.647. The van der Waals surface area contributed by atoms with E-state index >= 15 is 0 Å². The molecule has 1 aliphatic heterocycles. The van der Waals surface area contributed by atoms with E-state index in [0.717, 1.165) is 30.5 Å². The third-order valence-electron chi connectivity index (χ3n) is 4.35. The summed E-state index contributed by atoms with van der Waals surface area (Å²) in [5.41, 5.74) is 7.27. The molecule has 0 radical (unpaired) electrons. The summed E-state index contributed by atoms with van der Waals surface area (Å²) in [6.45, 7) is 7.83. The molecule has 2 N–H and O–H groups in total. The number of nitrogens with two attached hydrogens (primary N) is 1. The third-order valence-corrected chi connectivity index (χ3v) is 4.35. The molecule has 4 heteroatoms. The van der Waals surface area contributed by atoms with Gasteiger partial charge in [-0.15, -0.1) is 0 Å². The smallest absolute Gasteiger partial charge is 0.161 e. The lowest BCUT2D eigenvalue weighted by Crippen LogP contribution is -2.39. The van der Waals surface area contributed by atoms with Crippen LogP contribution in [-0.2, 0) is 0 Å². The van der Waals surface area contributed by atoms with Crippen molar-refractivity contribution < 1.29 is 9.47 Å². The quantitative estimate of drug-likeness (QED) is 0.876. The molecule has 1 aromatic rings. The maximum Gasteiger partial charge on any atom is 0.161 e. The maximum absolute atomic E-state index is 6.05. The number of piperidine rings is 1. The highest BCUT2D eigenvalue weighted by atomic mass is 16.5. The number of likely N-dealkylation sites (tertiary alicyclic amines) is 1. The van der Waals surface area contributed by atoms with Crippen LogP contribution < -0.4 is 15.2 Å². The number of benzene rings is 1. The summed E-state index contributed by atoms with van der Waals surface area (Å²) in [6.07, 6.45) is 2.51. The highest BCUT2D eigenvalue weighted by Crippen LogP contribution is 2.33. The first-order chi connectivity index (χ1) is 10.2. The van der Waals surface area contributed by atoms with E-state index in [4.69, 9.17) is 15.2 Å². The van der Waals surface area contributed by atoms with Gasteiger partial charge in [0.25, 0.3) is 0 Å². The molecular formula is C17H28N2O2. The SMILES string of the molecule is CCOc1cc(C(CN)N2CCC(C)CC2)ccc1OC. The van der Waals surface area contributed by atoms with E-state index in [0.29, 0.717) is 13.2 Å². The molecule has 0 aliphatic carbocycles. The molecule has 1 aliphatic rings. The molecule has 4 nitrogen and oxygen atoms in total. The van der Waals surface area contributed by atoms with Crippen molar-refractivity contribution in [3.8, 4) is 11.5 Å². The fourth-order valence-electron chi connectivity index (χ4n) is 3.01. The van der Waals surface area contributed by atoms with Gasteiger partial charge in [0, 0.05) is 12.6 Å². The number of rotatable bonds is 6. The summed E-state index contributed by atoms with van der Waals surface area (Å²) in [5, 5.41) is 0. The van der Waals surface area contributed by atoms with Crippen LogP contribution in [0.2, 0.25) is 0 Å². The first kappa shape index (κ1) is 16.1. The van der Waals surface area contributed by atoms with Crippen molar-refractivity contribution in [3.05, 3.63) is 23.8 Å². The molecule has 0 saturated carbocycles. The lowest BCUT2D eigenvalue weighted by molar-refractivity contribution is 0.141. The maximum atomic E-state index is 6.05. The second-order valence-corrected chi connectivity index (χ2v) is 5.81. The molecule has 1 fully saturated rings. The van der Waals surface area contributed by atoms with Crippen molar-refractivity contribution in [2.45, 2.75) is 32.7 Å². The molecule has 1 aromatic carbocycles. The molecule has 1 unspecified atom stereocenters. The van der Waals surface area contributed by atoms with E-state index in [1.165, 1.54) is 18.4 Å². The Labute approximate surface area is 128 Å². The molecule has 1 saturated heterocycles. The van der Waals surface area contributed by atoms with Crippen molar-refractivity contribution in [1.29, 1.82) is 0 Å². The van der Waals surface area contributed by atoms with Crippen molar-refractivity contribution in [3.63, 3.8) is 0 Å². The van der Waals surface area contributed by atoms with Gasteiger partial charge in [-0.1, -0.05) is 13.0 Å². The van der Waals surface area contributed by atoms with Crippen LogP contribution in [0.4, 0.5) is 0 Å². The van der Waals surface area contributed by atoms with E-state index in [9.17, 15) is 0 Å². The van der Waals surface area contributed by atoms with Crippen LogP contribution in [0.25, 0.3) is 0 Å². The summed E-state index contributed by atoms with van der Waals surface area (Å²) in [4.78, 5) is 2.50. The summed E-state index contributed by atoms with van der Waals surface area (Å²) >= 11 is 0. The zero-order valence-electron chi connectivity index (χ0n) is 13.5. The van der Waals surface area contributed by atoms with Crippen LogP contribution in [-0.4, -0.2) is 38.3 Å². The van der Waals surface area contributed by atoms with Crippen molar-refractivity contribution in [2.24, 2.45) is 11.7 Å². The van der Waals surface area contributed by atoms with E-state index in [1.807, 2.05) is 13.0 Å². The second kappa shape index (κ2) is 7.66. The zero-order chi connectivity index (χ0) is 15.2. The van der Waals surface area contributed by atoms with Crippen molar-refractivity contribution >= 4 is 0 Å². The minimum Gasteiger partial charge on any atom is -0.493 e. The minimum absolute atomic E-state index is 0.266. The van der Waals surface area contributed by atoms with Crippen molar-refractivity contribution in [2.75, 3.05) is 33.4 Å². The number of methoxy groups -OCH3 is 1. The van der Waals surface area contributed by atoms with Gasteiger partial charge in [0.15, 0.2) is 11.5 Å². The Bertz CT molecular complexity index is 442.